The number of nitrogens with one attached hydrogen (secondary N) is 3. The first kappa shape index (κ1) is 19.3. The highest BCUT2D eigenvalue weighted by Crippen LogP contribution is 2.31. The molecule has 3 N–H and O–H groups in total. The van der Waals surface area contributed by atoms with E-state index in [0.717, 1.165) is 25.2 Å². The molecule has 1 aromatic rings. The molecule has 0 saturated heterocycles. The van der Waals surface area contributed by atoms with E-state index in [0.29, 0.717) is 17.8 Å². The second-order valence-electron chi connectivity index (χ2n) is 5.51. The fourth-order valence-corrected chi connectivity index (χ4v) is 2.37. The van der Waals surface area contributed by atoms with Crippen LogP contribution in [-0.4, -0.2) is 44.5 Å². The molecule has 23 heavy (non-hydrogen) atoms. The van der Waals surface area contributed by atoms with E-state index in [9.17, 15) is 9.59 Å². The molecule has 7 heteroatoms. The van der Waals surface area contributed by atoms with Crippen LogP contribution in [0, 0.1) is 0 Å². The maximum absolute atomic E-state index is 12.1. The Morgan fingerprint density at radius 2 is 2.04 bits per heavy atom. The molecular formula is C16H25ClN4O2. The molecule has 0 aliphatic carbocycles. The van der Waals surface area contributed by atoms with Gasteiger partial charge < -0.3 is 20.9 Å². The van der Waals surface area contributed by atoms with Gasteiger partial charge in [0.1, 0.15) is 6.04 Å². The Labute approximate surface area is 143 Å². The van der Waals surface area contributed by atoms with Crippen LogP contribution in [0.3, 0.4) is 0 Å². The molecule has 1 aliphatic heterocycles. The first-order valence-corrected chi connectivity index (χ1v) is 7.71. The second-order valence-corrected chi connectivity index (χ2v) is 5.51. The van der Waals surface area contributed by atoms with Crippen molar-refractivity contribution in [3.8, 4) is 0 Å². The van der Waals surface area contributed by atoms with Crippen LogP contribution in [0.5, 0.6) is 0 Å². The number of nitrogens with zero attached hydrogens (tertiary/aromatic N) is 1. The van der Waals surface area contributed by atoms with E-state index in [1.54, 1.807) is 12.1 Å². The lowest BCUT2D eigenvalue weighted by atomic mass is 10.1. The van der Waals surface area contributed by atoms with Crippen molar-refractivity contribution >= 4 is 35.6 Å². The zero-order chi connectivity index (χ0) is 16.1. The van der Waals surface area contributed by atoms with Crippen LogP contribution in [0.15, 0.2) is 18.2 Å². The van der Waals surface area contributed by atoms with E-state index in [4.69, 9.17) is 0 Å². The predicted octanol–water partition coefficient (Wildman–Crippen LogP) is 1.61. The number of rotatable bonds is 6. The Hall–Kier alpha value is -1.79. The van der Waals surface area contributed by atoms with Crippen molar-refractivity contribution in [1.82, 2.24) is 10.6 Å². The molecule has 1 aliphatic rings. The van der Waals surface area contributed by atoms with E-state index in [-0.39, 0.29) is 30.3 Å². The third-order valence-corrected chi connectivity index (χ3v) is 3.87. The summed E-state index contributed by atoms with van der Waals surface area (Å²) < 4.78 is 0. The fourth-order valence-electron chi connectivity index (χ4n) is 2.37. The molecule has 0 bridgehead atoms. The molecule has 0 saturated carbocycles. The summed E-state index contributed by atoms with van der Waals surface area (Å²) in [6.07, 6.45) is 1.07. The van der Waals surface area contributed by atoms with Gasteiger partial charge in [-0.1, -0.05) is 6.92 Å². The maximum atomic E-state index is 12.1. The van der Waals surface area contributed by atoms with E-state index in [1.807, 2.05) is 24.9 Å². The Morgan fingerprint density at radius 1 is 1.30 bits per heavy atom. The summed E-state index contributed by atoms with van der Waals surface area (Å²) in [5.74, 6) is -0.187. The van der Waals surface area contributed by atoms with Crippen molar-refractivity contribution in [2.24, 2.45) is 0 Å². The lowest BCUT2D eigenvalue weighted by Gasteiger charge is -2.33. The first-order valence-electron chi connectivity index (χ1n) is 7.71. The number of hydrogen-bond acceptors (Lipinski definition) is 4. The number of halogens is 1. The normalized spacial score (nSPS) is 16.2. The Morgan fingerprint density at radius 3 is 2.74 bits per heavy atom. The van der Waals surface area contributed by atoms with Gasteiger partial charge in [0, 0.05) is 25.7 Å². The number of likely N-dealkylation sites (N-methyl/N-ethyl adjacent to an activating group) is 1. The zero-order valence-electron chi connectivity index (χ0n) is 13.8. The summed E-state index contributed by atoms with van der Waals surface area (Å²) in [5.41, 5.74) is 2.16. The van der Waals surface area contributed by atoms with Crippen LogP contribution in [0.25, 0.3) is 0 Å². The summed E-state index contributed by atoms with van der Waals surface area (Å²) in [5, 5.41) is 8.94. The lowest BCUT2D eigenvalue weighted by molar-refractivity contribution is -0.117. The van der Waals surface area contributed by atoms with E-state index < -0.39 is 0 Å². The summed E-state index contributed by atoms with van der Waals surface area (Å²) in [6, 6.07) is 5.17. The molecule has 0 fully saturated rings. The molecule has 128 valence electrons. The van der Waals surface area contributed by atoms with E-state index in [2.05, 4.69) is 22.9 Å². The molecule has 0 radical (unpaired) electrons. The van der Waals surface area contributed by atoms with Crippen molar-refractivity contribution in [2.45, 2.75) is 26.3 Å². The lowest BCUT2D eigenvalue weighted by Crippen LogP contribution is -2.44. The molecule has 0 spiro atoms. The number of carbonyl (C=O) groups is 2. The van der Waals surface area contributed by atoms with Gasteiger partial charge in [-0.2, -0.15) is 0 Å². The average molecular weight is 341 g/mol. The average Bonchev–Trinajstić information content (AvgIpc) is 2.52. The summed E-state index contributed by atoms with van der Waals surface area (Å²) in [7, 11) is 1.88. The largest absolute Gasteiger partial charge is 0.361 e. The maximum Gasteiger partial charge on any atom is 0.251 e. The van der Waals surface area contributed by atoms with Gasteiger partial charge in [0.15, 0.2) is 0 Å². The zero-order valence-corrected chi connectivity index (χ0v) is 14.6. The fraction of sp³-hybridized carbons (Fsp3) is 0.500. The Kier molecular flexibility index (Phi) is 7.32. The third kappa shape index (κ3) is 4.59. The number of amides is 2. The van der Waals surface area contributed by atoms with Crippen molar-refractivity contribution in [3.63, 3.8) is 0 Å². The smallest absolute Gasteiger partial charge is 0.251 e. The minimum atomic E-state index is -0.211. The van der Waals surface area contributed by atoms with Crippen LogP contribution in [0.4, 0.5) is 11.4 Å². The second kappa shape index (κ2) is 8.74. The molecule has 2 amide bonds. The van der Waals surface area contributed by atoms with E-state index in [1.165, 1.54) is 0 Å². The van der Waals surface area contributed by atoms with Crippen molar-refractivity contribution < 1.29 is 9.59 Å². The van der Waals surface area contributed by atoms with Crippen LogP contribution >= 0.6 is 12.4 Å². The minimum absolute atomic E-state index is 0. The molecule has 0 aromatic heterocycles. The summed E-state index contributed by atoms with van der Waals surface area (Å²) in [4.78, 5) is 25.9. The van der Waals surface area contributed by atoms with Gasteiger partial charge in [-0.05, 0) is 38.1 Å². The number of anilines is 2. The van der Waals surface area contributed by atoms with Crippen LogP contribution in [-0.2, 0) is 4.79 Å². The standard InChI is InChI=1S/C16H24N4O2.ClH/c1-4-7-17-8-9-18-16(22)12-5-6-14-13(10-12)19-15(21)11(2)20(14)3;/h5-6,10-11,17H,4,7-9H2,1-3H3,(H,18,22)(H,19,21);1H. The SMILES string of the molecule is CCCNCCNC(=O)c1ccc2c(c1)NC(=O)C(C)N2C.Cl. The summed E-state index contributed by atoms with van der Waals surface area (Å²) in [6.45, 7) is 6.24. The van der Waals surface area contributed by atoms with E-state index >= 15 is 0 Å². The van der Waals surface area contributed by atoms with Gasteiger partial charge in [-0.15, -0.1) is 12.4 Å². The van der Waals surface area contributed by atoms with Gasteiger partial charge in [-0.3, -0.25) is 9.59 Å². The highest BCUT2D eigenvalue weighted by molar-refractivity contribution is 6.05. The third-order valence-electron chi connectivity index (χ3n) is 3.87. The number of carbonyl (C=O) groups excluding carboxylic acids is 2. The predicted molar refractivity (Wildman–Crippen MR) is 95.7 cm³/mol. The van der Waals surface area contributed by atoms with Crippen molar-refractivity contribution in [1.29, 1.82) is 0 Å². The van der Waals surface area contributed by atoms with Gasteiger partial charge in [0.25, 0.3) is 5.91 Å². The molecule has 6 nitrogen and oxygen atoms in total. The molecular weight excluding hydrogens is 316 g/mol. The molecule has 2 rings (SSSR count). The van der Waals surface area contributed by atoms with Crippen LogP contribution in [0.1, 0.15) is 30.6 Å². The van der Waals surface area contributed by atoms with Gasteiger partial charge >= 0.3 is 0 Å². The number of benzene rings is 1. The minimum Gasteiger partial charge on any atom is -0.361 e. The highest BCUT2D eigenvalue weighted by Gasteiger charge is 2.27. The van der Waals surface area contributed by atoms with Gasteiger partial charge in [0.05, 0.1) is 11.4 Å². The molecule has 1 heterocycles. The molecule has 1 aromatic carbocycles. The number of hydrogen-bond donors (Lipinski definition) is 3. The van der Waals surface area contributed by atoms with Gasteiger partial charge in [-0.25, -0.2) is 0 Å². The quantitative estimate of drug-likeness (QED) is 0.688. The molecule has 1 unspecified atom stereocenters. The number of fused-ring (bicyclic) bond motifs is 1. The van der Waals surface area contributed by atoms with Gasteiger partial charge in [0.2, 0.25) is 5.91 Å². The summed E-state index contributed by atoms with van der Waals surface area (Å²) >= 11 is 0. The highest BCUT2D eigenvalue weighted by atomic mass is 35.5. The van der Waals surface area contributed by atoms with Crippen LogP contribution < -0.4 is 20.9 Å². The van der Waals surface area contributed by atoms with Crippen LogP contribution in [0.2, 0.25) is 0 Å². The Bertz CT molecular complexity index is 565. The monoisotopic (exact) mass is 340 g/mol. The first-order chi connectivity index (χ1) is 10.5. The van der Waals surface area contributed by atoms with Crippen molar-refractivity contribution in [3.05, 3.63) is 23.8 Å². The Balaban J connectivity index is 0.00000264. The molecule has 1 atom stereocenters. The topological polar surface area (TPSA) is 73.5 Å². The van der Waals surface area contributed by atoms with Crippen molar-refractivity contribution in [2.75, 3.05) is 36.9 Å².